The van der Waals surface area contributed by atoms with Gasteiger partial charge in [-0.1, -0.05) is 6.92 Å². The minimum absolute atomic E-state index is 0.173. The van der Waals surface area contributed by atoms with Crippen molar-refractivity contribution in [1.29, 1.82) is 0 Å². The van der Waals surface area contributed by atoms with Crippen LogP contribution in [0.5, 0.6) is 0 Å². The van der Waals surface area contributed by atoms with E-state index < -0.39 is 11.4 Å². The van der Waals surface area contributed by atoms with E-state index in [0.717, 1.165) is 18.4 Å². The first-order chi connectivity index (χ1) is 10.0. The van der Waals surface area contributed by atoms with E-state index in [1.807, 2.05) is 0 Å². The van der Waals surface area contributed by atoms with E-state index in [2.05, 4.69) is 27.8 Å². The number of amides is 2. The molecule has 0 saturated heterocycles. The molecule has 4 N–H and O–H groups in total. The second-order valence-electron chi connectivity index (χ2n) is 5.91. The SMILES string of the molecule is CC1CCC(CNC(=O)NCc2cn[nH]c2)(C(=O)O)CC1. The van der Waals surface area contributed by atoms with Crippen molar-refractivity contribution in [3.63, 3.8) is 0 Å². The Labute approximate surface area is 123 Å². The number of aliphatic carboxylic acids is 1. The first kappa shape index (κ1) is 15.3. The van der Waals surface area contributed by atoms with Gasteiger partial charge in [0.1, 0.15) is 0 Å². The summed E-state index contributed by atoms with van der Waals surface area (Å²) in [5.74, 6) is -0.253. The summed E-state index contributed by atoms with van der Waals surface area (Å²) in [6.45, 7) is 2.67. The second-order valence-corrected chi connectivity index (χ2v) is 5.91. The van der Waals surface area contributed by atoms with Gasteiger partial charge >= 0.3 is 12.0 Å². The van der Waals surface area contributed by atoms with Crippen LogP contribution in [0.2, 0.25) is 0 Å². The van der Waals surface area contributed by atoms with Gasteiger partial charge in [-0.05, 0) is 31.6 Å². The van der Waals surface area contributed by atoms with Gasteiger partial charge in [0.05, 0.1) is 11.6 Å². The van der Waals surface area contributed by atoms with E-state index in [1.165, 1.54) is 0 Å². The van der Waals surface area contributed by atoms with Crippen molar-refractivity contribution in [2.45, 2.75) is 39.2 Å². The fourth-order valence-corrected chi connectivity index (χ4v) is 2.65. The number of nitrogens with zero attached hydrogens (tertiary/aromatic N) is 1. The van der Waals surface area contributed by atoms with Gasteiger partial charge in [0, 0.05) is 24.8 Å². The van der Waals surface area contributed by atoms with E-state index in [9.17, 15) is 14.7 Å². The van der Waals surface area contributed by atoms with Gasteiger partial charge in [0.15, 0.2) is 0 Å². The molecular formula is C14H22N4O3. The molecule has 1 heterocycles. The van der Waals surface area contributed by atoms with E-state index in [1.54, 1.807) is 12.4 Å². The maximum absolute atomic E-state index is 11.8. The third-order valence-electron chi connectivity index (χ3n) is 4.28. The topological polar surface area (TPSA) is 107 Å². The Morgan fingerprint density at radius 2 is 2.14 bits per heavy atom. The molecule has 1 aromatic rings. The number of hydrogen-bond acceptors (Lipinski definition) is 3. The highest BCUT2D eigenvalue weighted by molar-refractivity contribution is 5.78. The first-order valence-corrected chi connectivity index (χ1v) is 7.24. The quantitative estimate of drug-likeness (QED) is 0.660. The van der Waals surface area contributed by atoms with Crippen LogP contribution in [0.3, 0.4) is 0 Å². The van der Waals surface area contributed by atoms with Crippen LogP contribution in [0.15, 0.2) is 12.4 Å². The monoisotopic (exact) mass is 294 g/mol. The molecule has 21 heavy (non-hydrogen) atoms. The number of H-pyrrole nitrogens is 1. The highest BCUT2D eigenvalue weighted by Gasteiger charge is 2.41. The predicted molar refractivity (Wildman–Crippen MR) is 76.5 cm³/mol. The smallest absolute Gasteiger partial charge is 0.315 e. The van der Waals surface area contributed by atoms with Gasteiger partial charge in [-0.25, -0.2) is 4.79 Å². The molecule has 0 aliphatic heterocycles. The molecule has 7 heteroatoms. The summed E-state index contributed by atoms with van der Waals surface area (Å²) in [6, 6.07) is -0.351. The maximum atomic E-state index is 11.8. The fourth-order valence-electron chi connectivity index (χ4n) is 2.65. The number of hydrogen-bond donors (Lipinski definition) is 4. The second kappa shape index (κ2) is 6.60. The van der Waals surface area contributed by atoms with Gasteiger partial charge in [-0.2, -0.15) is 5.10 Å². The van der Waals surface area contributed by atoms with Gasteiger partial charge in [-0.3, -0.25) is 9.89 Å². The Bertz CT molecular complexity index is 478. The van der Waals surface area contributed by atoms with Crippen LogP contribution in [-0.4, -0.2) is 33.8 Å². The molecule has 116 valence electrons. The van der Waals surface area contributed by atoms with Crippen molar-refractivity contribution in [1.82, 2.24) is 20.8 Å². The summed E-state index contributed by atoms with van der Waals surface area (Å²) < 4.78 is 0. The zero-order valence-electron chi connectivity index (χ0n) is 12.2. The number of carbonyl (C=O) groups excluding carboxylic acids is 1. The molecule has 2 amide bonds. The number of rotatable bonds is 5. The molecule has 1 aromatic heterocycles. The number of aromatic amines is 1. The number of carbonyl (C=O) groups is 2. The van der Waals surface area contributed by atoms with Gasteiger partial charge in [-0.15, -0.1) is 0 Å². The number of nitrogens with one attached hydrogen (secondary N) is 3. The van der Waals surface area contributed by atoms with Crippen LogP contribution in [0.4, 0.5) is 4.79 Å². The molecule has 1 aliphatic rings. The number of carboxylic acid groups (broad SMARTS) is 1. The van der Waals surface area contributed by atoms with Crippen LogP contribution in [0.1, 0.15) is 38.2 Å². The van der Waals surface area contributed by atoms with E-state index in [-0.39, 0.29) is 12.6 Å². The summed E-state index contributed by atoms with van der Waals surface area (Å²) in [5, 5.41) is 21.3. The Hall–Kier alpha value is -2.05. The summed E-state index contributed by atoms with van der Waals surface area (Å²) >= 11 is 0. The molecule has 0 atom stereocenters. The molecule has 0 bridgehead atoms. The summed E-state index contributed by atoms with van der Waals surface area (Å²) in [6.07, 6.45) is 6.34. The zero-order valence-corrected chi connectivity index (χ0v) is 12.2. The molecule has 0 radical (unpaired) electrons. The molecule has 0 aromatic carbocycles. The molecule has 7 nitrogen and oxygen atoms in total. The van der Waals surface area contributed by atoms with Crippen molar-refractivity contribution in [3.05, 3.63) is 18.0 Å². The van der Waals surface area contributed by atoms with Crippen LogP contribution in [0.25, 0.3) is 0 Å². The van der Waals surface area contributed by atoms with Gasteiger partial charge in [0.2, 0.25) is 0 Å². The highest BCUT2D eigenvalue weighted by atomic mass is 16.4. The van der Waals surface area contributed by atoms with Crippen molar-refractivity contribution >= 4 is 12.0 Å². The minimum Gasteiger partial charge on any atom is -0.481 e. The molecule has 0 spiro atoms. The lowest BCUT2D eigenvalue weighted by molar-refractivity contribution is -0.151. The molecule has 1 fully saturated rings. The van der Waals surface area contributed by atoms with Crippen LogP contribution in [0, 0.1) is 11.3 Å². The summed E-state index contributed by atoms with van der Waals surface area (Å²) in [4.78, 5) is 23.3. The van der Waals surface area contributed by atoms with E-state index in [0.29, 0.717) is 25.3 Å². The third-order valence-corrected chi connectivity index (χ3v) is 4.28. The van der Waals surface area contributed by atoms with Crippen molar-refractivity contribution in [2.75, 3.05) is 6.54 Å². The van der Waals surface area contributed by atoms with Gasteiger partial charge < -0.3 is 15.7 Å². The van der Waals surface area contributed by atoms with Crippen LogP contribution in [-0.2, 0) is 11.3 Å². The third kappa shape index (κ3) is 3.96. The fraction of sp³-hybridized carbons (Fsp3) is 0.643. The molecule has 1 saturated carbocycles. The van der Waals surface area contributed by atoms with Crippen molar-refractivity contribution < 1.29 is 14.7 Å². The molecule has 1 aliphatic carbocycles. The lowest BCUT2D eigenvalue weighted by atomic mass is 9.71. The van der Waals surface area contributed by atoms with Crippen molar-refractivity contribution in [2.24, 2.45) is 11.3 Å². The Kier molecular flexibility index (Phi) is 4.82. The number of urea groups is 1. The van der Waals surface area contributed by atoms with E-state index >= 15 is 0 Å². The standard InChI is InChI=1S/C14H22N4O3/c1-10-2-4-14(5-3-10,12(19)20)9-16-13(21)15-6-11-7-17-18-8-11/h7-8,10H,2-6,9H2,1H3,(H,17,18)(H,19,20)(H2,15,16,21). The average Bonchev–Trinajstić information content (AvgIpc) is 2.98. The Morgan fingerprint density at radius 3 is 2.71 bits per heavy atom. The zero-order chi connectivity index (χ0) is 15.3. The van der Waals surface area contributed by atoms with Crippen LogP contribution < -0.4 is 10.6 Å². The lowest BCUT2D eigenvalue weighted by Gasteiger charge is -2.35. The van der Waals surface area contributed by atoms with Crippen LogP contribution >= 0.6 is 0 Å². The van der Waals surface area contributed by atoms with Gasteiger partial charge in [0.25, 0.3) is 0 Å². The average molecular weight is 294 g/mol. The molecular weight excluding hydrogens is 272 g/mol. The Balaban J connectivity index is 1.81. The lowest BCUT2D eigenvalue weighted by Crippen LogP contribution is -2.47. The summed E-state index contributed by atoms with van der Waals surface area (Å²) in [5.41, 5.74) is 0.0454. The largest absolute Gasteiger partial charge is 0.481 e. The minimum atomic E-state index is -0.820. The highest BCUT2D eigenvalue weighted by Crippen LogP contribution is 2.38. The first-order valence-electron chi connectivity index (χ1n) is 7.24. The summed E-state index contributed by atoms with van der Waals surface area (Å²) in [7, 11) is 0. The Morgan fingerprint density at radius 1 is 1.43 bits per heavy atom. The van der Waals surface area contributed by atoms with Crippen molar-refractivity contribution in [3.8, 4) is 0 Å². The predicted octanol–water partition coefficient (Wildman–Crippen LogP) is 1.49. The number of carboxylic acids is 1. The molecule has 2 rings (SSSR count). The number of aromatic nitrogens is 2. The van der Waals surface area contributed by atoms with E-state index in [4.69, 9.17) is 0 Å². The normalized spacial score (nSPS) is 25.3. The molecule has 0 unspecified atom stereocenters. The maximum Gasteiger partial charge on any atom is 0.315 e.